The van der Waals surface area contributed by atoms with Crippen LogP contribution >= 0.6 is 0 Å². The van der Waals surface area contributed by atoms with Crippen LogP contribution in [0.25, 0.3) is 0 Å². The molecule has 0 spiro atoms. The van der Waals surface area contributed by atoms with Crippen LogP contribution < -0.4 is 0 Å². The van der Waals surface area contributed by atoms with Gasteiger partial charge in [0.25, 0.3) is 10.4 Å². The average molecular weight is 336 g/mol. The minimum Gasteiger partial charge on any atom is -0.170 e. The summed E-state index contributed by atoms with van der Waals surface area (Å²) >= 11 is 0. The Morgan fingerprint density at radius 1 is 0.526 bits per heavy atom. The lowest BCUT2D eigenvalue weighted by molar-refractivity contribution is -0.279. The maximum atomic E-state index is 12.3. The van der Waals surface area contributed by atoms with Gasteiger partial charge in [0.05, 0.1) is 0 Å². The van der Waals surface area contributed by atoms with Gasteiger partial charge in [-0.25, -0.2) is 0 Å². The van der Waals surface area contributed by atoms with Gasteiger partial charge in [-0.1, -0.05) is 0 Å². The van der Waals surface area contributed by atoms with E-state index in [1.807, 2.05) is 0 Å². The first-order valence-corrected chi connectivity index (χ1v) is 4.86. The first-order valence-electron chi connectivity index (χ1n) is 3.51. The molecule has 0 aromatic carbocycles. The number of hydrogen-bond acceptors (Lipinski definition) is 2. The van der Waals surface area contributed by atoms with Crippen molar-refractivity contribution in [2.45, 2.75) is 24.4 Å². The van der Waals surface area contributed by atoms with E-state index in [9.17, 15) is 51.7 Å². The van der Waals surface area contributed by atoms with Crippen LogP contribution in [0, 0.1) is 0 Å². The zero-order valence-electron chi connectivity index (χ0n) is 7.84. The fourth-order valence-electron chi connectivity index (χ4n) is 0.400. The second-order valence-corrected chi connectivity index (χ2v) is 3.87. The summed E-state index contributed by atoms with van der Waals surface area (Å²) in [6, 6.07) is -13.0. The topological polar surface area (TPSA) is 24.7 Å². The molecular formula is C4F12N2S. The lowest BCUT2D eigenvalue weighted by Crippen LogP contribution is -2.36. The van der Waals surface area contributed by atoms with Crippen molar-refractivity contribution in [1.29, 1.82) is 0 Å². The minimum atomic E-state index is -7.25. The van der Waals surface area contributed by atoms with Crippen molar-refractivity contribution in [3.8, 4) is 0 Å². The molecule has 0 saturated carbocycles. The quantitative estimate of drug-likeness (QED) is 0.521. The zero-order valence-corrected chi connectivity index (χ0v) is 8.65. The predicted molar refractivity (Wildman–Crippen MR) is 36.4 cm³/mol. The Morgan fingerprint density at radius 3 is 0.895 bits per heavy atom. The number of alkyl halides is 10. The molecule has 0 rings (SSSR count). The van der Waals surface area contributed by atoms with E-state index >= 15 is 0 Å². The molecule has 0 N–H and O–H groups in total. The lowest BCUT2D eigenvalue weighted by atomic mass is 10.6. The van der Waals surface area contributed by atoms with Gasteiger partial charge in [-0.05, 0) is 0 Å². The Labute approximate surface area is 96.3 Å². The first-order chi connectivity index (χ1) is 7.91. The second-order valence-electron chi connectivity index (χ2n) is 2.68. The van der Waals surface area contributed by atoms with Crippen LogP contribution in [0.4, 0.5) is 51.7 Å². The van der Waals surface area contributed by atoms with Gasteiger partial charge in [-0.2, -0.15) is 43.9 Å². The molecule has 0 aliphatic rings. The highest BCUT2D eigenvalue weighted by Crippen LogP contribution is 2.41. The van der Waals surface area contributed by atoms with Gasteiger partial charge in [0, 0.05) is 0 Å². The van der Waals surface area contributed by atoms with E-state index in [0.29, 0.717) is 8.73 Å². The zero-order chi connectivity index (χ0) is 15.9. The Morgan fingerprint density at radius 2 is 0.737 bits per heavy atom. The summed E-state index contributed by atoms with van der Waals surface area (Å²) in [4.78, 5) is 0. The van der Waals surface area contributed by atoms with E-state index < -0.39 is 34.8 Å². The van der Waals surface area contributed by atoms with Crippen molar-refractivity contribution in [2.24, 2.45) is 8.73 Å². The van der Waals surface area contributed by atoms with Gasteiger partial charge in [-0.3, -0.25) is 0 Å². The molecule has 19 heavy (non-hydrogen) atoms. The number of nitrogens with zero attached hydrogens (tertiary/aromatic N) is 2. The molecule has 0 bridgehead atoms. The highest BCUT2D eigenvalue weighted by atomic mass is 32.3. The summed E-state index contributed by atoms with van der Waals surface area (Å²) in [5.74, 6) is 0. The monoisotopic (exact) mass is 336 g/mol. The molecule has 0 aliphatic heterocycles. The number of hydrogen-bond donors (Lipinski definition) is 0. The largest absolute Gasteiger partial charge is 0.478 e. The van der Waals surface area contributed by atoms with Crippen molar-refractivity contribution in [1.82, 2.24) is 0 Å². The lowest BCUT2D eigenvalue weighted by Gasteiger charge is -2.16. The summed E-state index contributed by atoms with van der Waals surface area (Å²) in [5.41, 5.74) is 0. The Bertz CT molecular complexity index is 401. The van der Waals surface area contributed by atoms with Crippen molar-refractivity contribution in [3.05, 3.63) is 0 Å². The molecule has 116 valence electrons. The van der Waals surface area contributed by atoms with Crippen LogP contribution in [0.3, 0.4) is 0 Å². The van der Waals surface area contributed by atoms with E-state index in [2.05, 4.69) is 0 Å². The minimum absolute atomic E-state index is 0.356. The molecule has 0 radical (unpaired) electrons. The summed E-state index contributed by atoms with van der Waals surface area (Å²) in [6.07, 6.45) is -13.4. The van der Waals surface area contributed by atoms with E-state index in [-0.39, 0.29) is 0 Å². The third-order valence-electron chi connectivity index (χ3n) is 1.13. The first kappa shape index (κ1) is 18.1. The summed E-state index contributed by atoms with van der Waals surface area (Å²) in [7, 11) is -7.25. The highest BCUT2D eigenvalue weighted by Gasteiger charge is 2.62. The highest BCUT2D eigenvalue weighted by molar-refractivity contribution is 7.85. The van der Waals surface area contributed by atoms with Crippen LogP contribution in [-0.2, 0) is 10.4 Å². The normalized spacial score (nSPS) is 15.4. The van der Waals surface area contributed by atoms with Gasteiger partial charge < -0.3 is 0 Å². The fourth-order valence-corrected chi connectivity index (χ4v) is 1.20. The molecule has 0 fully saturated rings. The molecule has 0 unspecified atom stereocenters. The molecule has 15 heteroatoms. The third-order valence-corrected chi connectivity index (χ3v) is 2.03. The van der Waals surface area contributed by atoms with Crippen LogP contribution in [0.1, 0.15) is 0 Å². The molecule has 0 atom stereocenters. The van der Waals surface area contributed by atoms with E-state index in [1.54, 1.807) is 0 Å². The standard InChI is InChI=1S/C4F12N2S/c5-1(6,7)3(11,12)17-19(15,16)18-4(13,14)2(8,9)10. The molecule has 0 aliphatic carbocycles. The molecule has 0 aromatic rings. The molecule has 0 amide bonds. The fraction of sp³-hybridized carbons (Fsp3) is 1.00. The van der Waals surface area contributed by atoms with E-state index in [4.69, 9.17) is 0 Å². The Hall–Kier alpha value is -0.890. The van der Waals surface area contributed by atoms with Gasteiger partial charge in [0.1, 0.15) is 0 Å². The van der Waals surface area contributed by atoms with E-state index in [1.165, 1.54) is 0 Å². The van der Waals surface area contributed by atoms with Gasteiger partial charge in [0.2, 0.25) is 0 Å². The predicted octanol–water partition coefficient (Wildman–Crippen LogP) is 4.59. The smallest absolute Gasteiger partial charge is 0.170 e. The Kier molecular flexibility index (Phi) is 4.37. The van der Waals surface area contributed by atoms with Gasteiger partial charge in [-0.15, -0.1) is 16.5 Å². The van der Waals surface area contributed by atoms with Crippen LogP contribution in [-0.4, -0.2) is 24.4 Å². The van der Waals surface area contributed by atoms with Crippen molar-refractivity contribution in [2.75, 3.05) is 0 Å². The summed E-state index contributed by atoms with van der Waals surface area (Å²) < 4.78 is 142. The van der Waals surface area contributed by atoms with E-state index in [0.717, 1.165) is 0 Å². The van der Waals surface area contributed by atoms with Crippen molar-refractivity contribution >= 4 is 10.4 Å². The SMILES string of the molecule is FC(F)(F)C(F)(F)N=S(F)(F)=NC(F)(F)C(F)(F)F. The van der Waals surface area contributed by atoms with Crippen LogP contribution in [0.2, 0.25) is 0 Å². The maximum Gasteiger partial charge on any atom is 0.478 e. The van der Waals surface area contributed by atoms with Crippen LogP contribution in [0.5, 0.6) is 0 Å². The van der Waals surface area contributed by atoms with Crippen molar-refractivity contribution in [3.63, 3.8) is 0 Å². The number of rotatable bonds is 2. The molecular weight excluding hydrogens is 336 g/mol. The summed E-state index contributed by atoms with van der Waals surface area (Å²) in [6.45, 7) is 0. The Balaban J connectivity index is 5.90. The molecule has 0 heterocycles. The molecule has 2 nitrogen and oxygen atoms in total. The van der Waals surface area contributed by atoms with Gasteiger partial charge in [0.15, 0.2) is 0 Å². The maximum absolute atomic E-state index is 12.3. The summed E-state index contributed by atoms with van der Waals surface area (Å²) in [5, 5.41) is 0. The third kappa shape index (κ3) is 4.61. The second kappa shape index (κ2) is 4.59. The average Bonchev–Trinajstić information content (AvgIpc) is 1.93. The van der Waals surface area contributed by atoms with Gasteiger partial charge >= 0.3 is 24.4 Å². The molecule has 0 saturated heterocycles. The number of halogens is 12. The van der Waals surface area contributed by atoms with Crippen molar-refractivity contribution < 1.29 is 51.7 Å². The van der Waals surface area contributed by atoms with Crippen LogP contribution in [0.15, 0.2) is 8.73 Å². The molecule has 0 aromatic heterocycles.